The van der Waals surface area contributed by atoms with Crippen molar-refractivity contribution in [3.63, 3.8) is 0 Å². The summed E-state index contributed by atoms with van der Waals surface area (Å²) in [6.45, 7) is 3.92. The van der Waals surface area contributed by atoms with Gasteiger partial charge >= 0.3 is 0 Å². The lowest BCUT2D eigenvalue weighted by Crippen LogP contribution is -2.09. The lowest BCUT2D eigenvalue weighted by atomic mass is 10.1. The van der Waals surface area contributed by atoms with Crippen LogP contribution in [0.25, 0.3) is 0 Å². The Bertz CT molecular complexity index is 306. The molecule has 0 saturated heterocycles. The van der Waals surface area contributed by atoms with Crippen LogP contribution in [0.4, 0.5) is 0 Å². The van der Waals surface area contributed by atoms with Crippen molar-refractivity contribution in [2.75, 3.05) is 0 Å². The number of nitrogens with zero attached hydrogens (tertiary/aromatic N) is 1. The van der Waals surface area contributed by atoms with E-state index in [0.29, 0.717) is 5.15 Å². The predicted octanol–water partition coefficient (Wildman–Crippen LogP) is 1.55. The zero-order valence-corrected chi connectivity index (χ0v) is 7.14. The van der Waals surface area contributed by atoms with E-state index in [1.807, 2.05) is 13.8 Å². The number of hydrogen-bond donors (Lipinski definition) is 1. The molecule has 1 rings (SSSR count). The van der Waals surface area contributed by atoms with E-state index in [9.17, 15) is 4.79 Å². The van der Waals surface area contributed by atoms with Crippen LogP contribution in [-0.4, -0.2) is 10.2 Å². The fraction of sp³-hybridized carbons (Fsp3) is 0.429. The van der Waals surface area contributed by atoms with Gasteiger partial charge in [-0.1, -0.05) is 25.4 Å². The highest BCUT2D eigenvalue weighted by atomic mass is 35.5. The molecular formula is C7H9ClN2O. The second kappa shape index (κ2) is 3.05. The second-order valence-electron chi connectivity index (χ2n) is 2.63. The number of aromatic amines is 1. The topological polar surface area (TPSA) is 45.8 Å². The Morgan fingerprint density at radius 2 is 2.27 bits per heavy atom. The second-order valence-corrected chi connectivity index (χ2v) is 2.99. The average molecular weight is 173 g/mol. The highest BCUT2D eigenvalue weighted by molar-refractivity contribution is 6.30. The van der Waals surface area contributed by atoms with Gasteiger partial charge in [0, 0.05) is 6.07 Å². The minimum absolute atomic E-state index is 0.210. The molecule has 0 aromatic carbocycles. The van der Waals surface area contributed by atoms with Gasteiger partial charge < -0.3 is 0 Å². The van der Waals surface area contributed by atoms with Crippen molar-refractivity contribution in [3.8, 4) is 0 Å². The number of aromatic nitrogens is 2. The Hall–Kier alpha value is -0.830. The molecule has 0 unspecified atom stereocenters. The van der Waals surface area contributed by atoms with Crippen LogP contribution in [0, 0.1) is 0 Å². The first kappa shape index (κ1) is 8.27. The van der Waals surface area contributed by atoms with Crippen molar-refractivity contribution in [1.29, 1.82) is 0 Å². The quantitative estimate of drug-likeness (QED) is 0.699. The van der Waals surface area contributed by atoms with Crippen LogP contribution in [0.2, 0.25) is 5.15 Å². The van der Waals surface area contributed by atoms with Gasteiger partial charge in [-0.05, 0) is 11.5 Å². The summed E-state index contributed by atoms with van der Waals surface area (Å²) in [7, 11) is 0. The van der Waals surface area contributed by atoms with E-state index in [0.717, 1.165) is 5.56 Å². The summed E-state index contributed by atoms with van der Waals surface area (Å²) in [6.07, 6.45) is 0. The molecule has 0 aliphatic heterocycles. The third-order valence-electron chi connectivity index (χ3n) is 1.41. The van der Waals surface area contributed by atoms with Crippen LogP contribution in [0.1, 0.15) is 25.3 Å². The maximum Gasteiger partial charge on any atom is 0.264 e. The summed E-state index contributed by atoms with van der Waals surface area (Å²) in [5.41, 5.74) is 0.577. The normalized spacial score (nSPS) is 10.5. The first-order chi connectivity index (χ1) is 5.11. The third kappa shape index (κ3) is 1.80. The monoisotopic (exact) mass is 172 g/mol. The summed E-state index contributed by atoms with van der Waals surface area (Å²) in [5, 5.41) is 6.26. The first-order valence-electron chi connectivity index (χ1n) is 3.36. The Labute approximate surface area is 69.4 Å². The smallest absolute Gasteiger partial charge is 0.264 e. The Morgan fingerprint density at radius 3 is 2.73 bits per heavy atom. The van der Waals surface area contributed by atoms with Crippen molar-refractivity contribution in [2.24, 2.45) is 0 Å². The Balaban J connectivity index is 3.23. The van der Waals surface area contributed by atoms with Gasteiger partial charge in [-0.15, -0.1) is 0 Å². The van der Waals surface area contributed by atoms with Gasteiger partial charge in [-0.2, -0.15) is 5.10 Å². The number of halogens is 1. The molecule has 1 aromatic rings. The van der Waals surface area contributed by atoms with Gasteiger partial charge in [-0.25, -0.2) is 5.10 Å². The Kier molecular flexibility index (Phi) is 2.29. The minimum atomic E-state index is -0.210. The van der Waals surface area contributed by atoms with Crippen molar-refractivity contribution in [3.05, 3.63) is 27.1 Å². The highest BCUT2D eigenvalue weighted by Crippen LogP contribution is 2.18. The van der Waals surface area contributed by atoms with Crippen molar-refractivity contribution in [2.45, 2.75) is 19.8 Å². The summed E-state index contributed by atoms with van der Waals surface area (Å²) < 4.78 is 0. The molecule has 0 bridgehead atoms. The summed E-state index contributed by atoms with van der Waals surface area (Å²) in [4.78, 5) is 10.8. The fourth-order valence-corrected chi connectivity index (χ4v) is 1.12. The van der Waals surface area contributed by atoms with Crippen LogP contribution in [0.3, 0.4) is 0 Å². The first-order valence-corrected chi connectivity index (χ1v) is 3.74. The van der Waals surface area contributed by atoms with E-state index in [1.54, 1.807) is 0 Å². The molecule has 0 fully saturated rings. The van der Waals surface area contributed by atoms with Gasteiger partial charge in [0.05, 0.1) is 0 Å². The summed E-state index contributed by atoms with van der Waals surface area (Å²) >= 11 is 5.71. The van der Waals surface area contributed by atoms with E-state index in [4.69, 9.17) is 11.6 Å². The van der Waals surface area contributed by atoms with Crippen LogP contribution >= 0.6 is 11.6 Å². The molecule has 0 atom stereocenters. The summed E-state index contributed by atoms with van der Waals surface area (Å²) in [5.74, 6) is 0.234. The zero-order chi connectivity index (χ0) is 8.43. The molecule has 1 aromatic heterocycles. The van der Waals surface area contributed by atoms with Gasteiger partial charge in [0.15, 0.2) is 5.15 Å². The number of H-pyrrole nitrogens is 1. The molecule has 0 aliphatic carbocycles. The standard InChI is InChI=1S/C7H9ClN2O/c1-4(2)5-3-6(11)9-10-7(5)8/h3-4H,1-2H3,(H,9,11). The maximum atomic E-state index is 10.8. The average Bonchev–Trinajstić information content (AvgIpc) is 1.94. The van der Waals surface area contributed by atoms with Gasteiger partial charge in [0.2, 0.25) is 0 Å². The van der Waals surface area contributed by atoms with Crippen LogP contribution in [-0.2, 0) is 0 Å². The van der Waals surface area contributed by atoms with Crippen LogP contribution in [0.15, 0.2) is 10.9 Å². The van der Waals surface area contributed by atoms with Crippen LogP contribution < -0.4 is 5.56 Å². The van der Waals surface area contributed by atoms with E-state index < -0.39 is 0 Å². The van der Waals surface area contributed by atoms with Gasteiger partial charge in [0.25, 0.3) is 5.56 Å². The SMILES string of the molecule is CC(C)c1cc(=O)[nH]nc1Cl. The van der Waals surface area contributed by atoms with E-state index >= 15 is 0 Å². The lowest BCUT2D eigenvalue weighted by molar-refractivity contribution is 0.833. The number of hydrogen-bond acceptors (Lipinski definition) is 2. The molecule has 3 nitrogen and oxygen atoms in total. The third-order valence-corrected chi connectivity index (χ3v) is 1.71. The zero-order valence-electron chi connectivity index (χ0n) is 6.39. The van der Waals surface area contributed by atoms with Crippen molar-refractivity contribution in [1.82, 2.24) is 10.2 Å². The van der Waals surface area contributed by atoms with Crippen molar-refractivity contribution >= 4 is 11.6 Å². The molecule has 11 heavy (non-hydrogen) atoms. The van der Waals surface area contributed by atoms with E-state index in [2.05, 4.69) is 10.2 Å². The minimum Gasteiger partial charge on any atom is -0.268 e. The molecule has 0 amide bonds. The van der Waals surface area contributed by atoms with Gasteiger partial charge in [-0.3, -0.25) is 4.79 Å². The molecule has 60 valence electrons. The summed E-state index contributed by atoms with van der Waals surface area (Å²) in [6, 6.07) is 1.47. The van der Waals surface area contributed by atoms with Crippen LogP contribution in [0.5, 0.6) is 0 Å². The van der Waals surface area contributed by atoms with E-state index in [1.165, 1.54) is 6.07 Å². The lowest BCUT2D eigenvalue weighted by Gasteiger charge is -2.03. The molecule has 0 radical (unpaired) electrons. The molecule has 4 heteroatoms. The number of nitrogens with one attached hydrogen (secondary N) is 1. The maximum absolute atomic E-state index is 10.8. The molecule has 0 saturated carbocycles. The van der Waals surface area contributed by atoms with Crippen molar-refractivity contribution < 1.29 is 0 Å². The molecule has 1 N–H and O–H groups in total. The molecule has 0 aliphatic rings. The molecule has 1 heterocycles. The fourth-order valence-electron chi connectivity index (χ4n) is 0.807. The Morgan fingerprint density at radius 1 is 1.64 bits per heavy atom. The largest absolute Gasteiger partial charge is 0.268 e. The van der Waals surface area contributed by atoms with Gasteiger partial charge in [0.1, 0.15) is 0 Å². The molecule has 0 spiro atoms. The van der Waals surface area contributed by atoms with E-state index in [-0.39, 0.29) is 11.5 Å². The number of rotatable bonds is 1. The molecular weight excluding hydrogens is 164 g/mol. The highest BCUT2D eigenvalue weighted by Gasteiger charge is 2.05. The predicted molar refractivity (Wildman–Crippen MR) is 44.0 cm³/mol.